The highest BCUT2D eigenvalue weighted by molar-refractivity contribution is 6.02. The first-order valence-corrected chi connectivity index (χ1v) is 9.39. The molecule has 130 valence electrons. The molecule has 27 heavy (non-hydrogen) atoms. The minimum absolute atomic E-state index is 1.20. The van der Waals surface area contributed by atoms with E-state index in [0.717, 1.165) is 0 Å². The van der Waals surface area contributed by atoms with Crippen LogP contribution in [-0.4, -0.2) is 0 Å². The molecule has 4 aromatic carbocycles. The van der Waals surface area contributed by atoms with E-state index in [4.69, 9.17) is 0 Å². The minimum atomic E-state index is 1.20. The average Bonchev–Trinajstić information content (AvgIpc) is 2.71. The molecule has 0 bridgehead atoms. The summed E-state index contributed by atoms with van der Waals surface area (Å²) in [4.78, 5) is 2.39. The van der Waals surface area contributed by atoms with E-state index in [2.05, 4.69) is 110 Å². The van der Waals surface area contributed by atoms with E-state index < -0.39 is 0 Å². The van der Waals surface area contributed by atoms with Crippen molar-refractivity contribution < 1.29 is 0 Å². The van der Waals surface area contributed by atoms with Gasteiger partial charge in [-0.1, -0.05) is 72.3 Å². The van der Waals surface area contributed by atoms with Crippen LogP contribution in [0.4, 0.5) is 17.1 Å². The Morgan fingerprint density at radius 3 is 1.78 bits per heavy atom. The summed E-state index contributed by atoms with van der Waals surface area (Å²) < 4.78 is 0. The monoisotopic (exact) mass is 347 g/mol. The smallest absolute Gasteiger partial charge is 0.0540 e. The maximum absolute atomic E-state index is 2.39. The van der Waals surface area contributed by atoms with Crippen LogP contribution >= 0.6 is 0 Å². The number of rotatable bonds is 1. The molecule has 0 unspecified atom stereocenters. The van der Waals surface area contributed by atoms with Crippen LogP contribution in [0.15, 0.2) is 96.6 Å². The number of para-hydroxylation sites is 2. The molecule has 1 aliphatic rings. The SMILES string of the molecule is CC(C)=C1c2ccccc2N(c2ccc3ccccc3c2)c2ccccc21. The quantitative estimate of drug-likeness (QED) is 0.304. The predicted octanol–water partition coefficient (Wildman–Crippen LogP) is 7.46. The van der Waals surface area contributed by atoms with Crippen molar-refractivity contribution in [3.8, 4) is 0 Å². The zero-order valence-corrected chi connectivity index (χ0v) is 15.6. The molecule has 0 amide bonds. The molecule has 4 aromatic rings. The van der Waals surface area contributed by atoms with Gasteiger partial charge in [0.1, 0.15) is 0 Å². The summed E-state index contributed by atoms with van der Waals surface area (Å²) in [5.74, 6) is 0. The van der Waals surface area contributed by atoms with Crippen LogP contribution < -0.4 is 4.90 Å². The van der Waals surface area contributed by atoms with Gasteiger partial charge < -0.3 is 4.90 Å². The normalized spacial score (nSPS) is 12.7. The van der Waals surface area contributed by atoms with E-state index in [-0.39, 0.29) is 0 Å². The van der Waals surface area contributed by atoms with Crippen molar-refractivity contribution in [3.05, 3.63) is 108 Å². The molecule has 0 aromatic heterocycles. The summed E-state index contributed by atoms with van der Waals surface area (Å²) in [5, 5.41) is 2.53. The molecule has 0 fully saturated rings. The molecule has 0 atom stereocenters. The Labute approximate surface area is 160 Å². The summed E-state index contributed by atoms with van der Waals surface area (Å²) in [7, 11) is 0. The van der Waals surface area contributed by atoms with Gasteiger partial charge in [0.25, 0.3) is 0 Å². The molecule has 0 saturated heterocycles. The van der Waals surface area contributed by atoms with E-state index in [0.29, 0.717) is 0 Å². The van der Waals surface area contributed by atoms with Crippen molar-refractivity contribution in [2.45, 2.75) is 13.8 Å². The van der Waals surface area contributed by atoms with Gasteiger partial charge in [0.05, 0.1) is 11.4 Å². The fourth-order valence-corrected chi connectivity index (χ4v) is 4.17. The average molecular weight is 347 g/mol. The number of hydrogen-bond acceptors (Lipinski definition) is 1. The Kier molecular flexibility index (Phi) is 3.61. The lowest BCUT2D eigenvalue weighted by Crippen LogP contribution is -2.18. The van der Waals surface area contributed by atoms with Crippen LogP contribution in [0.3, 0.4) is 0 Å². The van der Waals surface area contributed by atoms with Gasteiger partial charge in [0.15, 0.2) is 0 Å². The molecule has 1 aliphatic heterocycles. The molecule has 1 heteroatoms. The summed E-state index contributed by atoms with van der Waals surface area (Å²) in [6, 6.07) is 32.7. The third-order valence-electron chi connectivity index (χ3n) is 5.32. The van der Waals surface area contributed by atoms with Gasteiger partial charge in [-0.3, -0.25) is 0 Å². The number of anilines is 3. The second kappa shape index (κ2) is 6.14. The molecule has 5 rings (SSSR count). The van der Waals surface area contributed by atoms with Gasteiger partial charge in [-0.15, -0.1) is 0 Å². The lowest BCUT2D eigenvalue weighted by atomic mass is 9.87. The van der Waals surface area contributed by atoms with Gasteiger partial charge in [-0.2, -0.15) is 0 Å². The van der Waals surface area contributed by atoms with E-state index in [1.165, 1.54) is 50.1 Å². The number of allylic oxidation sites excluding steroid dienone is 1. The van der Waals surface area contributed by atoms with E-state index in [9.17, 15) is 0 Å². The molecule has 1 heterocycles. The third-order valence-corrected chi connectivity index (χ3v) is 5.32. The first-order chi connectivity index (χ1) is 13.2. The fraction of sp³-hybridized carbons (Fsp3) is 0.0769. The first kappa shape index (κ1) is 15.9. The van der Waals surface area contributed by atoms with Crippen molar-refractivity contribution >= 4 is 33.4 Å². The lowest BCUT2D eigenvalue weighted by molar-refractivity contribution is 1.22. The van der Waals surface area contributed by atoms with Crippen molar-refractivity contribution in [2.75, 3.05) is 4.90 Å². The molecule has 0 radical (unpaired) electrons. The van der Waals surface area contributed by atoms with E-state index in [1.54, 1.807) is 0 Å². The molecule has 0 spiro atoms. The van der Waals surface area contributed by atoms with Crippen LogP contribution in [0.25, 0.3) is 16.3 Å². The zero-order chi connectivity index (χ0) is 18.4. The predicted molar refractivity (Wildman–Crippen MR) is 116 cm³/mol. The van der Waals surface area contributed by atoms with E-state index >= 15 is 0 Å². The van der Waals surface area contributed by atoms with Gasteiger partial charge >= 0.3 is 0 Å². The van der Waals surface area contributed by atoms with Crippen LogP contribution in [-0.2, 0) is 0 Å². The molecule has 0 aliphatic carbocycles. The van der Waals surface area contributed by atoms with Gasteiger partial charge in [-0.05, 0) is 54.5 Å². The minimum Gasteiger partial charge on any atom is -0.309 e. The topological polar surface area (TPSA) is 3.24 Å². The summed E-state index contributed by atoms with van der Waals surface area (Å²) in [6.07, 6.45) is 0. The Balaban J connectivity index is 1.82. The summed E-state index contributed by atoms with van der Waals surface area (Å²) >= 11 is 0. The number of fused-ring (bicyclic) bond motifs is 3. The second-order valence-corrected chi connectivity index (χ2v) is 7.28. The van der Waals surface area contributed by atoms with Crippen molar-refractivity contribution in [1.29, 1.82) is 0 Å². The van der Waals surface area contributed by atoms with Crippen LogP contribution in [0.5, 0.6) is 0 Å². The highest BCUT2D eigenvalue weighted by atomic mass is 15.2. The standard InChI is InChI=1S/C26H21N/c1-18(2)26-22-11-5-7-13-24(22)27(25-14-8-6-12-23(25)26)21-16-15-19-9-3-4-10-20(19)17-21/h3-17H,1-2H3. The number of nitrogens with zero attached hydrogens (tertiary/aromatic N) is 1. The van der Waals surface area contributed by atoms with Crippen molar-refractivity contribution in [1.82, 2.24) is 0 Å². The Hall–Kier alpha value is -3.32. The van der Waals surface area contributed by atoms with Crippen LogP contribution in [0.1, 0.15) is 25.0 Å². The van der Waals surface area contributed by atoms with Crippen LogP contribution in [0, 0.1) is 0 Å². The van der Waals surface area contributed by atoms with Gasteiger partial charge in [0, 0.05) is 16.8 Å². The lowest BCUT2D eigenvalue weighted by Gasteiger charge is -2.35. The molecule has 1 nitrogen and oxygen atoms in total. The second-order valence-electron chi connectivity index (χ2n) is 7.28. The van der Waals surface area contributed by atoms with Gasteiger partial charge in [0.2, 0.25) is 0 Å². The highest BCUT2D eigenvalue weighted by Gasteiger charge is 2.27. The van der Waals surface area contributed by atoms with E-state index in [1.807, 2.05) is 0 Å². The largest absolute Gasteiger partial charge is 0.309 e. The number of benzene rings is 4. The van der Waals surface area contributed by atoms with Gasteiger partial charge in [-0.25, -0.2) is 0 Å². The Bertz CT molecular complexity index is 1150. The summed E-state index contributed by atoms with van der Waals surface area (Å²) in [5.41, 5.74) is 8.95. The maximum atomic E-state index is 2.39. The number of hydrogen-bond donors (Lipinski definition) is 0. The zero-order valence-electron chi connectivity index (χ0n) is 15.6. The molecular formula is C26H21N. The fourth-order valence-electron chi connectivity index (χ4n) is 4.17. The van der Waals surface area contributed by atoms with Crippen molar-refractivity contribution in [3.63, 3.8) is 0 Å². The molecular weight excluding hydrogens is 326 g/mol. The molecule has 0 saturated carbocycles. The molecule has 0 N–H and O–H groups in total. The Morgan fingerprint density at radius 2 is 1.15 bits per heavy atom. The maximum Gasteiger partial charge on any atom is 0.0540 e. The highest BCUT2D eigenvalue weighted by Crippen LogP contribution is 2.49. The summed E-state index contributed by atoms with van der Waals surface area (Å²) in [6.45, 7) is 4.41. The Morgan fingerprint density at radius 1 is 0.593 bits per heavy atom. The first-order valence-electron chi connectivity index (χ1n) is 9.39. The third kappa shape index (κ3) is 2.47. The van der Waals surface area contributed by atoms with Crippen molar-refractivity contribution in [2.24, 2.45) is 0 Å². The van der Waals surface area contributed by atoms with Crippen LogP contribution in [0.2, 0.25) is 0 Å².